The summed E-state index contributed by atoms with van der Waals surface area (Å²) in [6.07, 6.45) is -4.54. The number of rotatable bonds is 8. The van der Waals surface area contributed by atoms with Gasteiger partial charge in [-0.3, -0.25) is 0 Å². The van der Waals surface area contributed by atoms with Gasteiger partial charge in [-0.2, -0.15) is 18.4 Å². The molecule has 2 aromatic heterocycles. The normalized spacial score (nSPS) is 11.8. The first-order valence-electron chi connectivity index (χ1n) is 26.6. The molecule has 0 N–H and O–H groups in total. The van der Waals surface area contributed by atoms with Crippen molar-refractivity contribution in [3.05, 3.63) is 263 Å². The van der Waals surface area contributed by atoms with Crippen LogP contribution in [0.1, 0.15) is 38.9 Å². The molecule has 0 aliphatic heterocycles. The molecule has 79 heavy (non-hydrogen) atoms. The van der Waals surface area contributed by atoms with Crippen LogP contribution >= 0.6 is 0 Å². The van der Waals surface area contributed by atoms with Gasteiger partial charge in [0.2, 0.25) is 0 Å². The average molecular weight is 1030 g/mol. The summed E-state index contributed by atoms with van der Waals surface area (Å²) in [4.78, 5) is 0. The maximum absolute atomic E-state index is 14.6. The molecule has 0 fully saturated rings. The molecule has 0 unspecified atom stereocenters. The van der Waals surface area contributed by atoms with Crippen molar-refractivity contribution in [2.75, 3.05) is 0 Å². The van der Waals surface area contributed by atoms with E-state index in [2.05, 4.69) is 213 Å². The Morgan fingerprint density at radius 2 is 0.620 bits per heavy atom. The molecule has 0 saturated carbocycles. The smallest absolute Gasteiger partial charge is 0.309 e. The van der Waals surface area contributed by atoms with E-state index in [-0.39, 0.29) is 0 Å². The zero-order valence-electron chi connectivity index (χ0n) is 44.3. The van der Waals surface area contributed by atoms with Crippen molar-refractivity contribution in [3.63, 3.8) is 0 Å². The highest BCUT2D eigenvalue weighted by molar-refractivity contribution is 6.14. The van der Waals surface area contributed by atoms with E-state index < -0.39 is 11.7 Å². The van der Waals surface area contributed by atoms with E-state index in [1.807, 2.05) is 42.5 Å². The van der Waals surface area contributed by atoms with Crippen molar-refractivity contribution in [3.8, 4) is 84.2 Å². The van der Waals surface area contributed by atoms with E-state index in [0.29, 0.717) is 22.3 Å². The van der Waals surface area contributed by atoms with Crippen LogP contribution in [0.4, 0.5) is 13.2 Å². The molecular weight excluding hydrogens is 976 g/mol. The first-order chi connectivity index (χ1) is 38.2. The Hall–Kier alpha value is -9.70. The Kier molecular flexibility index (Phi) is 11.8. The molecule has 0 amide bonds. The second kappa shape index (κ2) is 19.1. The van der Waals surface area contributed by atoms with Crippen molar-refractivity contribution in [1.82, 2.24) is 9.13 Å². The summed E-state index contributed by atoms with van der Waals surface area (Å²) in [6, 6.07) is 79.4. The molecule has 13 rings (SSSR count). The summed E-state index contributed by atoms with van der Waals surface area (Å²) in [5.74, 6) is 0. The number of hydrogen-bond donors (Lipinski definition) is 0. The molecule has 0 aliphatic rings. The summed E-state index contributed by atoms with van der Waals surface area (Å²) in [7, 11) is 0. The van der Waals surface area contributed by atoms with Gasteiger partial charge in [-0.05, 0) is 175 Å². The van der Waals surface area contributed by atoms with E-state index in [4.69, 9.17) is 0 Å². The summed E-state index contributed by atoms with van der Waals surface area (Å²) in [5.41, 5.74) is 21.9. The van der Waals surface area contributed by atoms with Crippen LogP contribution in [0.25, 0.3) is 122 Å². The van der Waals surface area contributed by atoms with Crippen molar-refractivity contribution < 1.29 is 13.2 Å². The van der Waals surface area contributed by atoms with Gasteiger partial charge in [0.15, 0.2) is 0 Å². The zero-order chi connectivity index (χ0) is 54.3. The third kappa shape index (κ3) is 8.84. The van der Waals surface area contributed by atoms with E-state index in [1.165, 1.54) is 34.4 Å². The fraction of sp³-hybridized carbons (Fsp3) is 0.0822. The molecule has 13 aromatic rings. The number of aryl methyl sites for hydroxylation is 5. The number of nitrogens with zero attached hydrogens (tertiary/aromatic N) is 3. The van der Waals surface area contributed by atoms with Crippen LogP contribution in [0.3, 0.4) is 0 Å². The highest BCUT2D eigenvalue weighted by atomic mass is 19.4. The van der Waals surface area contributed by atoms with E-state index in [0.717, 1.165) is 111 Å². The van der Waals surface area contributed by atoms with Gasteiger partial charge in [0.05, 0.1) is 50.6 Å². The van der Waals surface area contributed by atoms with Crippen molar-refractivity contribution in [1.29, 1.82) is 5.26 Å². The maximum atomic E-state index is 14.6. The Morgan fingerprint density at radius 1 is 0.304 bits per heavy atom. The summed E-state index contributed by atoms with van der Waals surface area (Å²) < 4.78 is 48.4. The second-order valence-electron chi connectivity index (χ2n) is 21.2. The molecule has 0 aliphatic carbocycles. The van der Waals surface area contributed by atoms with Crippen molar-refractivity contribution in [2.45, 2.75) is 40.8 Å². The maximum Gasteiger partial charge on any atom is 0.416 e. The van der Waals surface area contributed by atoms with Gasteiger partial charge in [0, 0.05) is 32.7 Å². The molecule has 2 heterocycles. The number of nitriles is 1. The van der Waals surface area contributed by atoms with Gasteiger partial charge in [-0.15, -0.1) is 0 Å². The standard InChI is InChI=1S/C73H52F3N3/c1-44-6-15-50(16-7-44)54-24-30-67-63(38-54)64-39-55(51-17-8-45(2)9-18-51)25-31-68(64)78(67)71-36-49(43-77)14-28-61(71)62-29-23-58(59-34-48(5)35-60(37-59)73(74,75)76)42-72(62)79-69-32-26-56(52-19-10-46(3)11-20-52)40-65(69)66-41-57(27-33-70(66)79)53-21-12-47(4)13-22-53/h6-42H,1-5H3. The van der Waals surface area contributed by atoms with Crippen LogP contribution < -0.4 is 0 Å². The van der Waals surface area contributed by atoms with Gasteiger partial charge in [-0.25, -0.2) is 0 Å². The SMILES string of the molecule is Cc1ccc(-c2ccc3c(c2)c2cc(-c4ccc(C)cc4)ccc2n3-c2cc(C#N)ccc2-c2ccc(-c3cc(C)cc(C(F)(F)F)c3)cc2-n2c3ccc(-c4ccc(C)cc4)cc3c3cc(-c4ccc(C)cc4)ccc32)cc1. The Bertz CT molecular complexity index is 4400. The minimum Gasteiger partial charge on any atom is -0.309 e. The van der Waals surface area contributed by atoms with E-state index >= 15 is 0 Å². The van der Waals surface area contributed by atoms with E-state index in [9.17, 15) is 18.4 Å². The Labute approximate surface area is 457 Å². The molecular formula is C73H52F3N3. The van der Waals surface area contributed by atoms with Crippen LogP contribution in [0.15, 0.2) is 224 Å². The molecule has 0 atom stereocenters. The van der Waals surface area contributed by atoms with Crippen LogP contribution in [0.2, 0.25) is 0 Å². The largest absolute Gasteiger partial charge is 0.416 e. The topological polar surface area (TPSA) is 33.6 Å². The molecule has 11 aromatic carbocycles. The monoisotopic (exact) mass is 1030 g/mol. The number of hydrogen-bond acceptors (Lipinski definition) is 1. The highest BCUT2D eigenvalue weighted by Crippen LogP contribution is 2.46. The predicted molar refractivity (Wildman–Crippen MR) is 321 cm³/mol. The molecule has 6 heteroatoms. The van der Waals surface area contributed by atoms with Gasteiger partial charge in [0.25, 0.3) is 0 Å². The van der Waals surface area contributed by atoms with Crippen LogP contribution in [-0.4, -0.2) is 9.13 Å². The van der Waals surface area contributed by atoms with Crippen LogP contribution in [-0.2, 0) is 6.18 Å². The minimum absolute atomic E-state index is 0.459. The number of aromatic nitrogens is 2. The van der Waals surface area contributed by atoms with Gasteiger partial charge >= 0.3 is 6.18 Å². The van der Waals surface area contributed by atoms with Gasteiger partial charge in [-0.1, -0.05) is 168 Å². The van der Waals surface area contributed by atoms with E-state index in [1.54, 1.807) is 6.92 Å². The number of benzene rings is 11. The molecule has 3 nitrogen and oxygen atoms in total. The Morgan fingerprint density at radius 3 is 0.975 bits per heavy atom. The third-order valence-electron chi connectivity index (χ3n) is 15.7. The summed E-state index contributed by atoms with van der Waals surface area (Å²) >= 11 is 0. The first kappa shape index (κ1) is 48.9. The third-order valence-corrected chi connectivity index (χ3v) is 15.7. The lowest BCUT2D eigenvalue weighted by molar-refractivity contribution is -0.137. The van der Waals surface area contributed by atoms with Crippen molar-refractivity contribution >= 4 is 43.6 Å². The lowest BCUT2D eigenvalue weighted by Gasteiger charge is -2.20. The number of alkyl halides is 3. The molecule has 0 spiro atoms. The van der Waals surface area contributed by atoms with Gasteiger partial charge in [0.1, 0.15) is 0 Å². The molecule has 380 valence electrons. The summed E-state index contributed by atoms with van der Waals surface area (Å²) in [6.45, 7) is 10.1. The fourth-order valence-corrected chi connectivity index (χ4v) is 11.5. The lowest BCUT2D eigenvalue weighted by atomic mass is 9.94. The lowest BCUT2D eigenvalue weighted by Crippen LogP contribution is -2.05. The molecule has 0 saturated heterocycles. The van der Waals surface area contributed by atoms with Gasteiger partial charge < -0.3 is 9.13 Å². The first-order valence-corrected chi connectivity index (χ1v) is 26.6. The number of halogens is 3. The van der Waals surface area contributed by atoms with Crippen molar-refractivity contribution in [2.24, 2.45) is 0 Å². The average Bonchev–Trinajstić information content (AvgIpc) is 4.14. The van der Waals surface area contributed by atoms with Crippen LogP contribution in [0, 0.1) is 45.9 Å². The molecule has 0 bridgehead atoms. The predicted octanol–water partition coefficient (Wildman–Crippen LogP) is 20.3. The fourth-order valence-electron chi connectivity index (χ4n) is 11.5. The quantitative estimate of drug-likeness (QED) is 0.149. The summed E-state index contributed by atoms with van der Waals surface area (Å²) in [5, 5.41) is 14.9. The Balaban J connectivity index is 1.11. The zero-order valence-corrected chi connectivity index (χ0v) is 44.3. The minimum atomic E-state index is -4.54. The molecule has 0 radical (unpaired) electrons. The number of fused-ring (bicyclic) bond motifs is 6. The second-order valence-corrected chi connectivity index (χ2v) is 21.2. The highest BCUT2D eigenvalue weighted by Gasteiger charge is 2.31. The van der Waals surface area contributed by atoms with Crippen LogP contribution in [0.5, 0.6) is 0 Å².